The zero-order valence-electron chi connectivity index (χ0n) is 26.2. The van der Waals surface area contributed by atoms with Gasteiger partial charge in [0.1, 0.15) is 54.0 Å². The zero-order valence-corrected chi connectivity index (χ0v) is 26.2. The molecule has 1 aliphatic rings. The number of hydrogen-bond donors (Lipinski definition) is 1. The van der Waals surface area contributed by atoms with Gasteiger partial charge < -0.3 is 29.0 Å². The quantitative estimate of drug-likeness (QED) is 0.177. The van der Waals surface area contributed by atoms with Crippen molar-refractivity contribution in [3.8, 4) is 28.8 Å². The van der Waals surface area contributed by atoms with Gasteiger partial charge in [-0.05, 0) is 49.6 Å². The van der Waals surface area contributed by atoms with E-state index in [1.807, 2.05) is 0 Å². The summed E-state index contributed by atoms with van der Waals surface area (Å²) in [6, 6.07) is 9.36. The van der Waals surface area contributed by atoms with Crippen LogP contribution in [0.2, 0.25) is 0 Å². The Bertz CT molecular complexity index is 2000. The number of anilines is 1. The minimum Gasteiger partial charge on any atom is -0.487 e. The number of fused-ring (bicyclic) bond motifs is 2. The van der Waals surface area contributed by atoms with Crippen LogP contribution in [0.15, 0.2) is 59.8 Å². The summed E-state index contributed by atoms with van der Waals surface area (Å²) in [5, 5.41) is 3.19. The molecule has 13 nitrogen and oxygen atoms in total. The van der Waals surface area contributed by atoms with E-state index in [9.17, 15) is 18.4 Å². The van der Waals surface area contributed by atoms with E-state index in [1.165, 1.54) is 23.3 Å². The second-order valence-corrected chi connectivity index (χ2v) is 10.7. The molecule has 0 unspecified atom stereocenters. The van der Waals surface area contributed by atoms with Gasteiger partial charge >= 0.3 is 0 Å². The summed E-state index contributed by atoms with van der Waals surface area (Å²) >= 11 is 0. The molecule has 0 aliphatic carbocycles. The third-order valence-corrected chi connectivity index (χ3v) is 7.59. The number of nitrogens with zero attached hydrogens (tertiary/aromatic N) is 5. The average molecular weight is 663 g/mol. The normalized spacial score (nSPS) is 12.5. The molecular weight excluding hydrogens is 630 g/mol. The first-order valence-corrected chi connectivity index (χ1v) is 15.2. The molecule has 5 aromatic rings. The third kappa shape index (κ3) is 6.82. The predicted molar refractivity (Wildman–Crippen MR) is 169 cm³/mol. The number of halogens is 2. The number of aromatic nitrogens is 5. The van der Waals surface area contributed by atoms with Crippen LogP contribution in [-0.4, -0.2) is 70.9 Å². The summed E-state index contributed by atoms with van der Waals surface area (Å²) in [6.45, 7) is 1.72. The first-order chi connectivity index (χ1) is 23.4. The minimum atomic E-state index is -0.782. The highest BCUT2D eigenvalue weighted by Crippen LogP contribution is 2.36. The Kier molecular flexibility index (Phi) is 9.87. The van der Waals surface area contributed by atoms with E-state index in [0.717, 1.165) is 35.7 Å². The van der Waals surface area contributed by atoms with E-state index in [1.54, 1.807) is 32.4 Å². The summed E-state index contributed by atoms with van der Waals surface area (Å²) in [5.41, 5.74) is -0.171. The first-order valence-electron chi connectivity index (χ1n) is 15.2. The minimum absolute atomic E-state index is 0.144. The van der Waals surface area contributed by atoms with Crippen molar-refractivity contribution in [2.45, 2.75) is 25.8 Å². The smallest absolute Gasteiger partial charge is 0.284 e. The SMILES string of the molecule is COCCOc1cc2ncnc(Oc3ccc(NC(=O)c4c5n(n(-c6cc(F)ccc6F)c4=O)CCCC5)nc3)c2cc1OCCOC. The van der Waals surface area contributed by atoms with Crippen LogP contribution in [0.5, 0.6) is 23.1 Å². The van der Waals surface area contributed by atoms with Crippen molar-refractivity contribution in [2.75, 3.05) is 46.0 Å². The van der Waals surface area contributed by atoms with Crippen molar-refractivity contribution >= 4 is 22.6 Å². The molecule has 6 rings (SSSR count). The van der Waals surface area contributed by atoms with Crippen molar-refractivity contribution in [3.63, 3.8) is 0 Å². The predicted octanol–water partition coefficient (Wildman–Crippen LogP) is 4.69. The zero-order chi connectivity index (χ0) is 33.6. The summed E-state index contributed by atoms with van der Waals surface area (Å²) in [5.74, 6) is -0.609. The van der Waals surface area contributed by atoms with Crippen LogP contribution in [0.4, 0.5) is 14.6 Å². The summed E-state index contributed by atoms with van der Waals surface area (Å²) in [4.78, 5) is 39.8. The van der Waals surface area contributed by atoms with Gasteiger partial charge in [-0.2, -0.15) is 0 Å². The van der Waals surface area contributed by atoms with Gasteiger partial charge in [-0.3, -0.25) is 14.3 Å². The molecular formula is C33H32F2N6O7. The number of carbonyl (C=O) groups is 1. The highest BCUT2D eigenvalue weighted by Gasteiger charge is 2.29. The Morgan fingerprint density at radius 2 is 1.69 bits per heavy atom. The third-order valence-electron chi connectivity index (χ3n) is 7.59. The molecule has 4 heterocycles. The molecule has 48 heavy (non-hydrogen) atoms. The maximum absolute atomic E-state index is 14.7. The number of benzene rings is 2. The summed E-state index contributed by atoms with van der Waals surface area (Å²) in [6.07, 6.45) is 4.62. The van der Waals surface area contributed by atoms with Gasteiger partial charge in [-0.25, -0.2) is 28.4 Å². The lowest BCUT2D eigenvalue weighted by molar-refractivity contribution is 0.102. The molecule has 0 saturated heterocycles. The lowest BCUT2D eigenvalue weighted by atomic mass is 10.1. The number of hydrogen-bond acceptors (Lipinski definition) is 10. The monoisotopic (exact) mass is 662 g/mol. The van der Waals surface area contributed by atoms with E-state index in [4.69, 9.17) is 23.7 Å². The molecule has 15 heteroatoms. The fraction of sp³-hybridized carbons (Fsp3) is 0.303. The van der Waals surface area contributed by atoms with Crippen LogP contribution in [0, 0.1) is 11.6 Å². The van der Waals surface area contributed by atoms with Crippen molar-refractivity contribution in [1.82, 2.24) is 24.3 Å². The maximum Gasteiger partial charge on any atom is 0.284 e. The van der Waals surface area contributed by atoms with E-state index in [-0.39, 0.29) is 29.6 Å². The highest BCUT2D eigenvalue weighted by molar-refractivity contribution is 6.04. The lowest BCUT2D eigenvalue weighted by Gasteiger charge is -2.19. The number of amides is 1. The first kappa shape index (κ1) is 32.5. The van der Waals surface area contributed by atoms with Gasteiger partial charge in [0.05, 0.1) is 36.0 Å². The Labute approximate surface area is 273 Å². The molecule has 0 spiro atoms. The van der Waals surface area contributed by atoms with Crippen molar-refractivity contribution in [2.24, 2.45) is 0 Å². The molecule has 250 valence electrons. The summed E-state index contributed by atoms with van der Waals surface area (Å²) in [7, 11) is 3.16. The van der Waals surface area contributed by atoms with Crippen LogP contribution in [0.25, 0.3) is 16.6 Å². The highest BCUT2D eigenvalue weighted by atomic mass is 19.1. The van der Waals surface area contributed by atoms with Gasteiger partial charge in [-0.1, -0.05) is 0 Å². The van der Waals surface area contributed by atoms with Crippen LogP contribution in [0.3, 0.4) is 0 Å². The number of carbonyl (C=O) groups excluding carboxylic acids is 1. The van der Waals surface area contributed by atoms with E-state index in [2.05, 4.69) is 20.3 Å². The Balaban J connectivity index is 1.23. The molecule has 0 fully saturated rings. The topological polar surface area (TPSA) is 141 Å². The van der Waals surface area contributed by atoms with E-state index < -0.39 is 23.1 Å². The maximum atomic E-state index is 14.7. The molecule has 0 radical (unpaired) electrons. The van der Waals surface area contributed by atoms with Crippen LogP contribution in [-0.2, 0) is 22.4 Å². The number of ether oxygens (including phenoxy) is 5. The van der Waals surface area contributed by atoms with Gasteiger partial charge in [0.25, 0.3) is 11.5 Å². The molecule has 1 amide bonds. The summed E-state index contributed by atoms with van der Waals surface area (Å²) < 4.78 is 59.2. The molecule has 0 bridgehead atoms. The van der Waals surface area contributed by atoms with Crippen molar-refractivity contribution in [1.29, 1.82) is 0 Å². The van der Waals surface area contributed by atoms with Gasteiger partial charge in [0.2, 0.25) is 5.88 Å². The van der Waals surface area contributed by atoms with Crippen LogP contribution < -0.4 is 25.1 Å². The largest absolute Gasteiger partial charge is 0.487 e. The average Bonchev–Trinajstić information content (AvgIpc) is 3.38. The number of nitrogens with one attached hydrogen (secondary N) is 1. The molecule has 2 aromatic carbocycles. The fourth-order valence-electron chi connectivity index (χ4n) is 5.37. The molecule has 1 N–H and O–H groups in total. The van der Waals surface area contributed by atoms with E-state index >= 15 is 0 Å². The van der Waals surface area contributed by atoms with Crippen molar-refractivity contribution < 1.29 is 37.3 Å². The Hall–Kier alpha value is -5.41. The molecule has 1 aliphatic heterocycles. The fourth-order valence-corrected chi connectivity index (χ4v) is 5.37. The Morgan fingerprint density at radius 1 is 0.917 bits per heavy atom. The number of methoxy groups -OCH3 is 2. The molecule has 0 saturated carbocycles. The standard InChI is InChI=1S/C33H32F2N6O7/c1-44-11-13-46-27-16-22-24(17-28(27)47-14-12-45-2)37-19-38-32(22)48-21-7-9-29(36-18-21)39-31(42)30-25-5-3-4-10-40(25)41(33(30)43)26-15-20(34)6-8-23(26)35/h6-9,15-19H,3-5,10-14H2,1-2H3,(H,36,39,42). The number of pyridine rings is 1. The van der Waals surface area contributed by atoms with Crippen LogP contribution in [0.1, 0.15) is 28.9 Å². The second kappa shape index (κ2) is 14.6. The Morgan fingerprint density at radius 3 is 2.42 bits per heavy atom. The molecule has 3 aromatic heterocycles. The van der Waals surface area contributed by atoms with Crippen LogP contribution >= 0.6 is 0 Å². The van der Waals surface area contributed by atoms with Gasteiger partial charge in [0.15, 0.2) is 11.5 Å². The van der Waals surface area contributed by atoms with Gasteiger partial charge in [0, 0.05) is 32.9 Å². The van der Waals surface area contributed by atoms with Gasteiger partial charge in [-0.15, -0.1) is 0 Å². The second-order valence-electron chi connectivity index (χ2n) is 10.7. The molecule has 0 atom stereocenters. The lowest BCUT2D eigenvalue weighted by Crippen LogP contribution is -2.27. The number of rotatable bonds is 13. The van der Waals surface area contributed by atoms with E-state index in [0.29, 0.717) is 66.6 Å². The van der Waals surface area contributed by atoms with Crippen molar-refractivity contribution in [3.05, 3.63) is 88.2 Å².